The van der Waals surface area contributed by atoms with Gasteiger partial charge in [-0.3, -0.25) is 0 Å². The molecule has 0 unspecified atom stereocenters. The zero-order valence-corrected chi connectivity index (χ0v) is 8.09. The molecule has 0 heterocycles. The average molecular weight is 191 g/mol. The van der Waals surface area contributed by atoms with E-state index in [0.717, 1.165) is 5.33 Å². The Morgan fingerprint density at radius 1 is 1.22 bits per heavy atom. The fourth-order valence-electron chi connectivity index (χ4n) is 0.582. The first-order valence-electron chi connectivity index (χ1n) is 3.37. The van der Waals surface area contributed by atoms with Gasteiger partial charge in [0.25, 0.3) is 0 Å². The Kier molecular flexibility index (Phi) is 5.16. The quantitative estimate of drug-likeness (QED) is 0.473. The summed E-state index contributed by atoms with van der Waals surface area (Å²) in [6.45, 7) is 6.55. The van der Waals surface area contributed by atoms with Gasteiger partial charge in [-0.05, 0) is 33.6 Å². The van der Waals surface area contributed by atoms with Gasteiger partial charge < -0.3 is 0 Å². The minimum Gasteiger partial charge on any atom is -0.0928 e. The third kappa shape index (κ3) is 4.71. The van der Waals surface area contributed by atoms with Crippen LogP contribution in [0.1, 0.15) is 33.6 Å². The summed E-state index contributed by atoms with van der Waals surface area (Å²) in [7, 11) is 0. The Morgan fingerprint density at radius 3 is 2.11 bits per heavy atom. The molecule has 0 saturated carbocycles. The van der Waals surface area contributed by atoms with Crippen LogP contribution in [0.4, 0.5) is 0 Å². The third-order valence-electron chi connectivity index (χ3n) is 1.54. The number of halogens is 1. The van der Waals surface area contributed by atoms with E-state index >= 15 is 0 Å². The van der Waals surface area contributed by atoms with Gasteiger partial charge in [-0.2, -0.15) is 0 Å². The monoisotopic (exact) mass is 190 g/mol. The molecule has 54 valence electrons. The van der Waals surface area contributed by atoms with E-state index in [4.69, 9.17) is 0 Å². The molecule has 0 amide bonds. The van der Waals surface area contributed by atoms with E-state index < -0.39 is 0 Å². The minimum atomic E-state index is 1.12. The summed E-state index contributed by atoms with van der Waals surface area (Å²) in [5.41, 5.74) is 3.01. The van der Waals surface area contributed by atoms with Gasteiger partial charge in [0, 0.05) is 5.33 Å². The second-order valence-corrected chi connectivity index (χ2v) is 3.37. The Balaban J connectivity index is 3.50. The molecule has 0 aromatic rings. The molecule has 0 rings (SSSR count). The SMILES string of the molecule is CC(C)=C(C)CCCBr. The molecule has 0 atom stereocenters. The highest BCUT2D eigenvalue weighted by molar-refractivity contribution is 9.09. The lowest BCUT2D eigenvalue weighted by molar-refractivity contribution is 0.904. The lowest BCUT2D eigenvalue weighted by Gasteiger charge is -1.99. The van der Waals surface area contributed by atoms with Crippen molar-refractivity contribution in [2.45, 2.75) is 33.6 Å². The number of hydrogen-bond donors (Lipinski definition) is 0. The lowest BCUT2D eigenvalue weighted by atomic mass is 10.1. The van der Waals surface area contributed by atoms with Gasteiger partial charge in [-0.1, -0.05) is 27.1 Å². The first-order valence-corrected chi connectivity index (χ1v) is 4.49. The van der Waals surface area contributed by atoms with Crippen LogP contribution in [0.15, 0.2) is 11.1 Å². The molecule has 0 radical (unpaired) electrons. The van der Waals surface area contributed by atoms with E-state index in [2.05, 4.69) is 36.7 Å². The largest absolute Gasteiger partial charge is 0.0928 e. The summed E-state index contributed by atoms with van der Waals surface area (Å²) in [5, 5.41) is 1.12. The molecule has 0 aliphatic carbocycles. The van der Waals surface area contributed by atoms with Crippen molar-refractivity contribution in [3.63, 3.8) is 0 Å². The fourth-order valence-corrected chi connectivity index (χ4v) is 0.862. The van der Waals surface area contributed by atoms with Gasteiger partial charge in [0.15, 0.2) is 0 Å². The highest BCUT2D eigenvalue weighted by Gasteiger charge is 1.90. The van der Waals surface area contributed by atoms with Crippen molar-refractivity contribution in [1.82, 2.24) is 0 Å². The predicted molar refractivity (Wildman–Crippen MR) is 47.1 cm³/mol. The van der Waals surface area contributed by atoms with E-state index in [9.17, 15) is 0 Å². The third-order valence-corrected chi connectivity index (χ3v) is 2.10. The summed E-state index contributed by atoms with van der Waals surface area (Å²) in [6, 6.07) is 0. The molecule has 0 fully saturated rings. The molecular formula is C8H15Br. The first-order chi connectivity index (χ1) is 4.18. The zero-order chi connectivity index (χ0) is 7.28. The maximum absolute atomic E-state index is 3.40. The molecule has 0 bridgehead atoms. The van der Waals surface area contributed by atoms with Gasteiger partial charge in [-0.15, -0.1) is 0 Å². The Labute approximate surface area is 66.5 Å². The first kappa shape index (κ1) is 9.22. The van der Waals surface area contributed by atoms with Crippen molar-refractivity contribution in [2.24, 2.45) is 0 Å². The van der Waals surface area contributed by atoms with Crippen LogP contribution >= 0.6 is 15.9 Å². The highest BCUT2D eigenvalue weighted by atomic mass is 79.9. The number of rotatable bonds is 3. The maximum atomic E-state index is 3.40. The average Bonchev–Trinajstić information content (AvgIpc) is 1.82. The van der Waals surface area contributed by atoms with Gasteiger partial charge in [0.1, 0.15) is 0 Å². The lowest BCUT2D eigenvalue weighted by Crippen LogP contribution is -1.81. The second-order valence-electron chi connectivity index (χ2n) is 2.57. The van der Waals surface area contributed by atoms with E-state index in [0.29, 0.717) is 0 Å². The summed E-state index contributed by atoms with van der Waals surface area (Å²) in [5.74, 6) is 0. The zero-order valence-electron chi connectivity index (χ0n) is 6.50. The summed E-state index contributed by atoms with van der Waals surface area (Å²) < 4.78 is 0. The molecule has 0 aliphatic heterocycles. The molecule has 9 heavy (non-hydrogen) atoms. The molecule has 0 saturated heterocycles. The van der Waals surface area contributed by atoms with Gasteiger partial charge >= 0.3 is 0 Å². The smallest absolute Gasteiger partial charge is 0.00343 e. The van der Waals surface area contributed by atoms with Crippen molar-refractivity contribution >= 4 is 15.9 Å². The molecule has 0 aromatic heterocycles. The normalized spacial score (nSPS) is 9.33. The van der Waals surface area contributed by atoms with Crippen molar-refractivity contribution in [3.8, 4) is 0 Å². The second kappa shape index (κ2) is 5.04. The molecular weight excluding hydrogens is 176 g/mol. The fraction of sp³-hybridized carbons (Fsp3) is 0.750. The van der Waals surface area contributed by atoms with Crippen LogP contribution in [0.2, 0.25) is 0 Å². The van der Waals surface area contributed by atoms with Crippen molar-refractivity contribution in [2.75, 3.05) is 5.33 Å². The molecule has 1 heteroatoms. The topological polar surface area (TPSA) is 0 Å². The van der Waals surface area contributed by atoms with Crippen LogP contribution in [0.25, 0.3) is 0 Å². The summed E-state index contributed by atoms with van der Waals surface area (Å²) in [4.78, 5) is 0. The van der Waals surface area contributed by atoms with Crippen LogP contribution < -0.4 is 0 Å². The predicted octanol–water partition coefficient (Wildman–Crippen LogP) is 3.52. The number of alkyl halides is 1. The Bertz CT molecular complexity index is 99.1. The van der Waals surface area contributed by atoms with Crippen molar-refractivity contribution < 1.29 is 0 Å². The van der Waals surface area contributed by atoms with E-state index in [1.165, 1.54) is 24.0 Å². The van der Waals surface area contributed by atoms with E-state index in [1.54, 1.807) is 0 Å². The molecule has 0 aromatic carbocycles. The van der Waals surface area contributed by atoms with E-state index in [-0.39, 0.29) is 0 Å². The maximum Gasteiger partial charge on any atom is 0.00343 e. The Morgan fingerprint density at radius 2 is 1.78 bits per heavy atom. The molecule has 0 N–H and O–H groups in total. The van der Waals surface area contributed by atoms with Gasteiger partial charge in [0.05, 0.1) is 0 Å². The summed E-state index contributed by atoms with van der Waals surface area (Å²) >= 11 is 3.40. The number of allylic oxidation sites excluding steroid dienone is 2. The Hall–Kier alpha value is 0.220. The standard InChI is InChI=1S/C8H15Br/c1-7(2)8(3)5-4-6-9/h4-6H2,1-3H3. The van der Waals surface area contributed by atoms with Crippen LogP contribution in [-0.4, -0.2) is 5.33 Å². The number of hydrogen-bond acceptors (Lipinski definition) is 0. The van der Waals surface area contributed by atoms with Gasteiger partial charge in [-0.25, -0.2) is 0 Å². The van der Waals surface area contributed by atoms with Crippen LogP contribution in [0, 0.1) is 0 Å². The van der Waals surface area contributed by atoms with Crippen LogP contribution in [0.5, 0.6) is 0 Å². The van der Waals surface area contributed by atoms with E-state index in [1.807, 2.05) is 0 Å². The van der Waals surface area contributed by atoms with Crippen molar-refractivity contribution in [3.05, 3.63) is 11.1 Å². The van der Waals surface area contributed by atoms with Crippen LogP contribution in [0.3, 0.4) is 0 Å². The van der Waals surface area contributed by atoms with Crippen LogP contribution in [-0.2, 0) is 0 Å². The molecule has 0 nitrogen and oxygen atoms in total. The highest BCUT2D eigenvalue weighted by Crippen LogP contribution is 2.09. The summed E-state index contributed by atoms with van der Waals surface area (Å²) in [6.07, 6.45) is 2.50. The van der Waals surface area contributed by atoms with Crippen molar-refractivity contribution in [1.29, 1.82) is 0 Å². The molecule has 0 spiro atoms. The minimum absolute atomic E-state index is 1.12. The van der Waals surface area contributed by atoms with Gasteiger partial charge in [0.2, 0.25) is 0 Å². The molecule has 0 aliphatic rings.